The summed E-state index contributed by atoms with van der Waals surface area (Å²) in [5.74, 6) is 2.60. The van der Waals surface area contributed by atoms with Crippen molar-refractivity contribution in [3.8, 4) is 0 Å². The van der Waals surface area contributed by atoms with Gasteiger partial charge in [-0.2, -0.15) is 22.0 Å². The third kappa shape index (κ3) is 5.64. The number of aldehydes is 1. The number of nitrogens with zero attached hydrogens (tertiary/aromatic N) is 2. The number of thioether (sulfide) groups is 1. The van der Waals surface area contributed by atoms with Gasteiger partial charge >= 0.3 is 0 Å². The molecule has 2 fully saturated rings. The summed E-state index contributed by atoms with van der Waals surface area (Å²) in [6, 6.07) is 1.00. The van der Waals surface area contributed by atoms with Crippen LogP contribution in [0.25, 0.3) is 0 Å². The van der Waals surface area contributed by atoms with E-state index in [1.165, 1.54) is 57.8 Å². The summed E-state index contributed by atoms with van der Waals surface area (Å²) in [7, 11) is 0. The van der Waals surface area contributed by atoms with Crippen molar-refractivity contribution in [1.29, 1.82) is 0 Å². The smallest absolute Gasteiger partial charge is 0.129 e. The second kappa shape index (κ2) is 8.72. The molecule has 2 aliphatic carbocycles. The van der Waals surface area contributed by atoms with E-state index in [-0.39, 0.29) is 0 Å². The second-order valence-corrected chi connectivity index (χ2v) is 6.98. The van der Waals surface area contributed by atoms with Gasteiger partial charge in [-0.25, -0.2) is 0 Å². The maximum Gasteiger partial charge on any atom is 0.129 e. The zero-order chi connectivity index (χ0) is 13.3. The summed E-state index contributed by atoms with van der Waals surface area (Å²) in [6.07, 6.45) is 12.5. The molecule has 0 aromatic rings. The van der Waals surface area contributed by atoms with Gasteiger partial charge in [-0.05, 0) is 50.2 Å². The van der Waals surface area contributed by atoms with Crippen LogP contribution in [0.15, 0.2) is 10.2 Å². The number of carbonyl (C=O) groups excluding carboxylic acids is 1. The van der Waals surface area contributed by atoms with Crippen LogP contribution in [0.5, 0.6) is 0 Å². The van der Waals surface area contributed by atoms with Crippen LogP contribution in [-0.2, 0) is 4.79 Å². The summed E-state index contributed by atoms with van der Waals surface area (Å²) in [5, 5.41) is 9.18. The largest absolute Gasteiger partial charge is 0.302 e. The van der Waals surface area contributed by atoms with Crippen molar-refractivity contribution >= 4 is 18.0 Å². The van der Waals surface area contributed by atoms with Crippen molar-refractivity contribution < 1.29 is 4.79 Å². The predicted octanol–water partition coefficient (Wildman–Crippen LogP) is 4.26. The van der Waals surface area contributed by atoms with Crippen molar-refractivity contribution in [3.63, 3.8) is 0 Å². The van der Waals surface area contributed by atoms with Gasteiger partial charge in [-0.1, -0.05) is 19.3 Å². The first-order valence-electron chi connectivity index (χ1n) is 7.80. The van der Waals surface area contributed by atoms with E-state index < -0.39 is 0 Å². The zero-order valence-electron chi connectivity index (χ0n) is 11.8. The van der Waals surface area contributed by atoms with Crippen LogP contribution in [-0.4, -0.2) is 29.9 Å². The molecule has 4 heteroatoms. The normalized spacial score (nSPS) is 29.7. The van der Waals surface area contributed by atoms with Gasteiger partial charge in [-0.3, -0.25) is 0 Å². The third-order valence-electron chi connectivity index (χ3n) is 4.32. The maximum absolute atomic E-state index is 10.3. The van der Waals surface area contributed by atoms with Crippen LogP contribution in [0.4, 0.5) is 0 Å². The molecular weight excluding hydrogens is 256 g/mol. The van der Waals surface area contributed by atoms with Crippen LogP contribution in [0, 0.1) is 5.92 Å². The Morgan fingerprint density at radius 2 is 1.53 bits per heavy atom. The Bertz CT molecular complexity index is 282. The summed E-state index contributed by atoms with van der Waals surface area (Å²) in [4.78, 5) is 10.3. The average molecular weight is 282 g/mol. The first kappa shape index (κ1) is 15.0. The Hall–Kier alpha value is -0.380. The highest BCUT2D eigenvalue weighted by atomic mass is 32.2. The lowest BCUT2D eigenvalue weighted by Crippen LogP contribution is -2.19. The van der Waals surface area contributed by atoms with Gasteiger partial charge in [0.2, 0.25) is 0 Å². The van der Waals surface area contributed by atoms with Crippen molar-refractivity contribution in [2.24, 2.45) is 16.1 Å². The summed E-state index contributed by atoms with van der Waals surface area (Å²) >= 11 is 1.77. The third-order valence-corrected chi connectivity index (χ3v) is 5.40. The Labute approximate surface area is 121 Å². The molecule has 0 bridgehead atoms. The number of hydrogen-bond acceptors (Lipinski definition) is 4. The van der Waals surface area contributed by atoms with Gasteiger partial charge in [0.15, 0.2) is 0 Å². The van der Waals surface area contributed by atoms with E-state index in [2.05, 4.69) is 10.2 Å². The van der Waals surface area contributed by atoms with E-state index in [0.717, 1.165) is 18.0 Å². The van der Waals surface area contributed by atoms with Gasteiger partial charge < -0.3 is 4.79 Å². The molecule has 2 saturated carbocycles. The molecule has 0 amide bonds. The molecule has 0 aliphatic heterocycles. The quantitative estimate of drug-likeness (QED) is 0.415. The topological polar surface area (TPSA) is 41.8 Å². The maximum atomic E-state index is 10.3. The minimum absolute atomic E-state index is 0.481. The van der Waals surface area contributed by atoms with E-state index in [1.807, 2.05) is 0 Å². The van der Waals surface area contributed by atoms with Crippen LogP contribution in [0.1, 0.15) is 57.8 Å². The summed E-state index contributed by atoms with van der Waals surface area (Å²) in [6.45, 7) is 0. The van der Waals surface area contributed by atoms with Crippen molar-refractivity contribution in [1.82, 2.24) is 0 Å². The van der Waals surface area contributed by atoms with Gasteiger partial charge in [0.05, 0.1) is 12.1 Å². The van der Waals surface area contributed by atoms with Crippen LogP contribution in [0.2, 0.25) is 0 Å². The Morgan fingerprint density at radius 3 is 2.16 bits per heavy atom. The number of azo groups is 1. The predicted molar refractivity (Wildman–Crippen MR) is 80.9 cm³/mol. The molecule has 0 N–H and O–H groups in total. The molecule has 19 heavy (non-hydrogen) atoms. The molecule has 0 aromatic carbocycles. The Kier molecular flexibility index (Phi) is 6.90. The monoisotopic (exact) mass is 282 g/mol. The van der Waals surface area contributed by atoms with Crippen molar-refractivity contribution in [2.75, 3.05) is 11.5 Å². The first-order valence-corrected chi connectivity index (χ1v) is 8.95. The highest BCUT2D eigenvalue weighted by Crippen LogP contribution is 2.29. The Balaban J connectivity index is 1.62. The molecule has 0 atom stereocenters. The molecular formula is C15H26N2OS. The van der Waals surface area contributed by atoms with Gasteiger partial charge in [0.1, 0.15) is 6.29 Å². The minimum atomic E-state index is 0.481. The lowest BCUT2D eigenvalue weighted by atomic mass is 9.88. The number of rotatable bonds is 6. The minimum Gasteiger partial charge on any atom is -0.302 e. The molecule has 3 nitrogen and oxygen atoms in total. The Morgan fingerprint density at radius 1 is 0.895 bits per heavy atom. The van der Waals surface area contributed by atoms with Crippen molar-refractivity contribution in [3.05, 3.63) is 0 Å². The molecule has 2 aliphatic rings. The molecule has 108 valence electrons. The van der Waals surface area contributed by atoms with E-state index in [1.54, 1.807) is 11.8 Å². The fourth-order valence-electron chi connectivity index (χ4n) is 3.09. The average Bonchev–Trinajstić information content (AvgIpc) is 2.48. The lowest BCUT2D eigenvalue weighted by molar-refractivity contribution is -0.105. The fourth-order valence-corrected chi connectivity index (χ4v) is 3.99. The fraction of sp³-hybridized carbons (Fsp3) is 0.933. The van der Waals surface area contributed by atoms with Gasteiger partial charge in [0, 0.05) is 5.75 Å². The van der Waals surface area contributed by atoms with E-state index in [9.17, 15) is 4.79 Å². The van der Waals surface area contributed by atoms with Crippen LogP contribution >= 0.6 is 11.8 Å². The summed E-state index contributed by atoms with van der Waals surface area (Å²) < 4.78 is 0. The SMILES string of the molecule is O=CCSCC1CCC(N=NC2CCCCC2)CC1. The highest BCUT2D eigenvalue weighted by Gasteiger charge is 2.21. The first-order chi connectivity index (χ1) is 9.38. The molecule has 0 unspecified atom stereocenters. The second-order valence-electron chi connectivity index (χ2n) is 5.90. The molecule has 0 saturated heterocycles. The number of hydrogen-bond donors (Lipinski definition) is 0. The van der Waals surface area contributed by atoms with Crippen LogP contribution < -0.4 is 0 Å². The number of carbonyl (C=O) groups is 1. The van der Waals surface area contributed by atoms with Crippen molar-refractivity contribution in [2.45, 2.75) is 69.9 Å². The van der Waals surface area contributed by atoms with Gasteiger partial charge in [-0.15, -0.1) is 0 Å². The molecule has 0 aromatic heterocycles. The van der Waals surface area contributed by atoms with E-state index >= 15 is 0 Å². The standard InChI is InChI=1S/C15H26N2OS/c18-10-11-19-12-13-6-8-15(9-7-13)17-16-14-4-2-1-3-5-14/h10,13-15H,1-9,11-12H2. The summed E-state index contributed by atoms with van der Waals surface area (Å²) in [5.41, 5.74) is 0. The molecule has 2 rings (SSSR count). The zero-order valence-corrected chi connectivity index (χ0v) is 12.6. The van der Waals surface area contributed by atoms with E-state index in [4.69, 9.17) is 0 Å². The highest BCUT2D eigenvalue weighted by molar-refractivity contribution is 7.99. The molecule has 0 spiro atoms. The lowest BCUT2D eigenvalue weighted by Gasteiger charge is -2.25. The van der Waals surface area contributed by atoms with Crippen LogP contribution in [0.3, 0.4) is 0 Å². The van der Waals surface area contributed by atoms with E-state index in [0.29, 0.717) is 17.8 Å². The van der Waals surface area contributed by atoms with Gasteiger partial charge in [0.25, 0.3) is 0 Å². The molecule has 0 radical (unpaired) electrons. The molecule has 0 heterocycles.